The Bertz CT molecular complexity index is 221. The number of aryl methyl sites for hydroxylation is 1. The molecule has 0 fully saturated rings. The van der Waals surface area contributed by atoms with E-state index in [4.69, 9.17) is 5.26 Å². The molecular weight excluding hydrogens is 140 g/mol. The minimum Gasteiger partial charge on any atom is -0.198 e. The summed E-state index contributed by atoms with van der Waals surface area (Å²) in [6.07, 6.45) is 5.23. The van der Waals surface area contributed by atoms with Crippen molar-refractivity contribution in [3.05, 3.63) is 11.9 Å². The van der Waals surface area contributed by atoms with Crippen molar-refractivity contribution in [3.8, 4) is 6.07 Å². The SMILES string of the molecule is N#CCCCCc1cn[nH]n1. The van der Waals surface area contributed by atoms with Crippen LogP contribution in [-0.4, -0.2) is 15.4 Å². The van der Waals surface area contributed by atoms with E-state index in [1.165, 1.54) is 0 Å². The second kappa shape index (κ2) is 4.45. The van der Waals surface area contributed by atoms with Gasteiger partial charge in [-0.15, -0.1) is 0 Å². The molecule has 0 bridgehead atoms. The minimum atomic E-state index is 0.637. The average Bonchev–Trinajstić information content (AvgIpc) is 2.50. The van der Waals surface area contributed by atoms with E-state index in [9.17, 15) is 0 Å². The fraction of sp³-hybridized carbons (Fsp3) is 0.571. The van der Waals surface area contributed by atoms with Gasteiger partial charge in [-0.05, 0) is 19.3 Å². The highest BCUT2D eigenvalue weighted by Crippen LogP contribution is 2.00. The van der Waals surface area contributed by atoms with Crippen LogP contribution in [0.2, 0.25) is 0 Å². The molecule has 4 nitrogen and oxygen atoms in total. The van der Waals surface area contributed by atoms with Gasteiger partial charge in [0.2, 0.25) is 0 Å². The van der Waals surface area contributed by atoms with E-state index in [0.29, 0.717) is 6.42 Å². The van der Waals surface area contributed by atoms with Crippen molar-refractivity contribution < 1.29 is 0 Å². The summed E-state index contributed by atoms with van der Waals surface area (Å²) in [5.41, 5.74) is 0.975. The summed E-state index contributed by atoms with van der Waals surface area (Å²) in [4.78, 5) is 0. The molecule has 0 saturated heterocycles. The zero-order valence-electron chi connectivity index (χ0n) is 6.25. The largest absolute Gasteiger partial charge is 0.198 e. The molecule has 1 N–H and O–H groups in total. The van der Waals surface area contributed by atoms with Gasteiger partial charge in [0.15, 0.2) is 0 Å². The third-order valence-corrected chi connectivity index (χ3v) is 1.44. The van der Waals surface area contributed by atoms with E-state index < -0.39 is 0 Å². The molecule has 1 aromatic rings. The average molecular weight is 150 g/mol. The van der Waals surface area contributed by atoms with Gasteiger partial charge in [0.05, 0.1) is 18.0 Å². The number of H-pyrrole nitrogens is 1. The lowest BCUT2D eigenvalue weighted by Gasteiger charge is -1.90. The van der Waals surface area contributed by atoms with Crippen LogP contribution in [0, 0.1) is 11.3 Å². The standard InChI is InChI=1S/C7H10N4/c8-5-3-1-2-4-7-6-9-11-10-7/h6H,1-4H2,(H,9,10,11). The number of aromatic amines is 1. The van der Waals surface area contributed by atoms with E-state index >= 15 is 0 Å². The summed E-state index contributed by atoms with van der Waals surface area (Å²) in [7, 11) is 0. The first-order chi connectivity index (χ1) is 5.43. The molecule has 0 unspecified atom stereocenters. The molecular formula is C7H10N4. The number of hydrogen-bond acceptors (Lipinski definition) is 3. The number of nitrogens with zero attached hydrogens (tertiary/aromatic N) is 3. The molecule has 4 heteroatoms. The van der Waals surface area contributed by atoms with Crippen molar-refractivity contribution in [2.45, 2.75) is 25.7 Å². The fourth-order valence-electron chi connectivity index (χ4n) is 0.856. The Hall–Kier alpha value is -1.37. The van der Waals surface area contributed by atoms with Crippen molar-refractivity contribution >= 4 is 0 Å². The predicted molar refractivity (Wildman–Crippen MR) is 39.6 cm³/mol. The van der Waals surface area contributed by atoms with E-state index in [2.05, 4.69) is 21.5 Å². The fourth-order valence-corrected chi connectivity index (χ4v) is 0.856. The molecule has 0 aromatic carbocycles. The normalized spacial score (nSPS) is 9.36. The van der Waals surface area contributed by atoms with Gasteiger partial charge in [-0.25, -0.2) is 0 Å². The maximum absolute atomic E-state index is 8.24. The second-order valence-electron chi connectivity index (χ2n) is 2.33. The van der Waals surface area contributed by atoms with Crippen LogP contribution in [0.3, 0.4) is 0 Å². The first-order valence-corrected chi connectivity index (χ1v) is 3.65. The van der Waals surface area contributed by atoms with Crippen LogP contribution < -0.4 is 0 Å². The van der Waals surface area contributed by atoms with Gasteiger partial charge < -0.3 is 0 Å². The molecule has 1 heterocycles. The lowest BCUT2D eigenvalue weighted by Crippen LogP contribution is -1.85. The van der Waals surface area contributed by atoms with Crippen LogP contribution in [0.25, 0.3) is 0 Å². The van der Waals surface area contributed by atoms with Crippen LogP contribution in [0.15, 0.2) is 6.20 Å². The zero-order valence-corrected chi connectivity index (χ0v) is 6.25. The molecule has 0 amide bonds. The topological polar surface area (TPSA) is 65.4 Å². The van der Waals surface area contributed by atoms with Gasteiger partial charge in [0.25, 0.3) is 0 Å². The Morgan fingerprint density at radius 1 is 1.55 bits per heavy atom. The Morgan fingerprint density at radius 3 is 3.09 bits per heavy atom. The number of nitrogens with one attached hydrogen (secondary N) is 1. The molecule has 1 aromatic heterocycles. The van der Waals surface area contributed by atoms with Crippen LogP contribution in [0.1, 0.15) is 25.0 Å². The van der Waals surface area contributed by atoms with Gasteiger partial charge in [-0.2, -0.15) is 20.7 Å². The first-order valence-electron chi connectivity index (χ1n) is 3.65. The monoisotopic (exact) mass is 150 g/mol. The quantitative estimate of drug-likeness (QED) is 0.652. The Morgan fingerprint density at radius 2 is 2.45 bits per heavy atom. The Kier molecular flexibility index (Phi) is 3.13. The lowest BCUT2D eigenvalue weighted by atomic mass is 10.2. The van der Waals surface area contributed by atoms with Gasteiger partial charge >= 0.3 is 0 Å². The van der Waals surface area contributed by atoms with Gasteiger partial charge in [-0.3, -0.25) is 0 Å². The van der Waals surface area contributed by atoms with Crippen molar-refractivity contribution in [1.82, 2.24) is 15.4 Å². The molecule has 0 aliphatic rings. The number of hydrogen-bond donors (Lipinski definition) is 1. The lowest BCUT2D eigenvalue weighted by molar-refractivity contribution is 0.735. The molecule has 1 rings (SSSR count). The first kappa shape index (κ1) is 7.73. The second-order valence-corrected chi connectivity index (χ2v) is 2.33. The number of unbranched alkanes of at least 4 members (excludes halogenated alkanes) is 2. The van der Waals surface area contributed by atoms with Crippen molar-refractivity contribution in [2.75, 3.05) is 0 Å². The highest BCUT2D eigenvalue weighted by Gasteiger charge is 1.94. The van der Waals surface area contributed by atoms with Crippen LogP contribution in [-0.2, 0) is 6.42 Å². The summed E-state index contributed by atoms with van der Waals surface area (Å²) in [6.45, 7) is 0. The molecule has 0 radical (unpaired) electrons. The summed E-state index contributed by atoms with van der Waals surface area (Å²) >= 11 is 0. The van der Waals surface area contributed by atoms with E-state index in [1.54, 1.807) is 6.20 Å². The summed E-state index contributed by atoms with van der Waals surface area (Å²) in [6, 6.07) is 2.10. The van der Waals surface area contributed by atoms with Crippen molar-refractivity contribution in [3.63, 3.8) is 0 Å². The molecule has 0 aliphatic heterocycles. The van der Waals surface area contributed by atoms with Gasteiger partial charge in [0, 0.05) is 6.42 Å². The highest BCUT2D eigenvalue weighted by molar-refractivity contribution is 4.90. The molecule has 0 aliphatic carbocycles. The highest BCUT2D eigenvalue weighted by atomic mass is 15.3. The smallest absolute Gasteiger partial charge is 0.0824 e. The van der Waals surface area contributed by atoms with Gasteiger partial charge in [0.1, 0.15) is 0 Å². The molecule has 0 atom stereocenters. The van der Waals surface area contributed by atoms with E-state index in [0.717, 1.165) is 25.0 Å². The summed E-state index contributed by atoms with van der Waals surface area (Å²) < 4.78 is 0. The molecule has 58 valence electrons. The molecule has 0 saturated carbocycles. The number of nitriles is 1. The van der Waals surface area contributed by atoms with Crippen LogP contribution in [0.5, 0.6) is 0 Å². The maximum atomic E-state index is 8.24. The molecule has 0 spiro atoms. The van der Waals surface area contributed by atoms with Crippen molar-refractivity contribution in [1.29, 1.82) is 5.26 Å². The summed E-state index contributed by atoms with van der Waals surface area (Å²) in [5.74, 6) is 0. The molecule has 11 heavy (non-hydrogen) atoms. The Balaban J connectivity index is 2.10. The minimum absolute atomic E-state index is 0.637. The number of aromatic nitrogens is 3. The van der Waals surface area contributed by atoms with E-state index in [1.807, 2.05) is 0 Å². The zero-order chi connectivity index (χ0) is 7.94. The predicted octanol–water partition coefficient (Wildman–Crippen LogP) is 1.04. The maximum Gasteiger partial charge on any atom is 0.0824 e. The van der Waals surface area contributed by atoms with Crippen molar-refractivity contribution in [2.24, 2.45) is 0 Å². The van der Waals surface area contributed by atoms with Gasteiger partial charge in [-0.1, -0.05) is 0 Å². The third-order valence-electron chi connectivity index (χ3n) is 1.44. The summed E-state index contributed by atoms with van der Waals surface area (Å²) in [5, 5.41) is 18.4. The van der Waals surface area contributed by atoms with Crippen LogP contribution >= 0.6 is 0 Å². The third kappa shape index (κ3) is 2.80. The Labute approximate surface area is 65.2 Å². The number of rotatable bonds is 4. The van der Waals surface area contributed by atoms with Crippen LogP contribution in [0.4, 0.5) is 0 Å². The van der Waals surface area contributed by atoms with E-state index in [-0.39, 0.29) is 0 Å².